The first-order chi connectivity index (χ1) is 8.58. The van der Waals surface area contributed by atoms with Gasteiger partial charge in [-0.3, -0.25) is 4.79 Å². The zero-order chi connectivity index (χ0) is 13.4. The first kappa shape index (κ1) is 14.6. The van der Waals surface area contributed by atoms with Gasteiger partial charge in [0.1, 0.15) is 10.9 Å². The smallest absolute Gasteiger partial charge is 0.220 e. The van der Waals surface area contributed by atoms with Crippen molar-refractivity contribution in [2.75, 3.05) is 6.54 Å². The zero-order valence-electron chi connectivity index (χ0n) is 10.4. The van der Waals surface area contributed by atoms with Crippen molar-refractivity contribution >= 4 is 23.3 Å². The van der Waals surface area contributed by atoms with Gasteiger partial charge in [0, 0.05) is 25.6 Å². The highest BCUT2D eigenvalue weighted by molar-refractivity contribution is 6.29. The van der Waals surface area contributed by atoms with Crippen LogP contribution in [0.4, 0.5) is 0 Å². The summed E-state index contributed by atoms with van der Waals surface area (Å²) < 4.78 is 0. The predicted molar refractivity (Wildman–Crippen MR) is 70.5 cm³/mol. The maximum atomic E-state index is 11.4. The molecule has 98 valence electrons. The maximum absolute atomic E-state index is 11.4. The van der Waals surface area contributed by atoms with Crippen LogP contribution in [0.25, 0.3) is 0 Å². The van der Waals surface area contributed by atoms with E-state index < -0.39 is 0 Å². The summed E-state index contributed by atoms with van der Waals surface area (Å²) in [5.41, 5.74) is 1.03. The van der Waals surface area contributed by atoms with E-state index in [-0.39, 0.29) is 11.7 Å². The second-order valence-electron chi connectivity index (χ2n) is 4.14. The third-order valence-corrected chi connectivity index (χ3v) is 2.68. The Bertz CT molecular complexity index is 404. The lowest BCUT2D eigenvalue weighted by Crippen LogP contribution is -2.25. The van der Waals surface area contributed by atoms with E-state index >= 15 is 0 Å². The molecule has 0 aliphatic rings. The molecule has 0 atom stereocenters. The van der Waals surface area contributed by atoms with Crippen LogP contribution in [0.3, 0.4) is 0 Å². The van der Waals surface area contributed by atoms with Crippen LogP contribution in [0.15, 0.2) is 18.3 Å². The quantitative estimate of drug-likeness (QED) is 0.771. The number of nitrogens with one attached hydrogen (secondary N) is 1. The van der Waals surface area contributed by atoms with Gasteiger partial charge in [-0.15, -0.1) is 0 Å². The number of carbonyl (C=O) groups excluding carboxylic acids is 2. The SMILES string of the molecule is CC(=O)CCCC(=O)NCCc1ccc(Cl)nc1. The number of Topliss-reactive ketones (excluding diaryl/α,β-unsaturated/α-hetero) is 1. The molecule has 0 aliphatic carbocycles. The molecule has 0 bridgehead atoms. The third-order valence-electron chi connectivity index (χ3n) is 2.46. The number of pyridine rings is 1. The van der Waals surface area contributed by atoms with Gasteiger partial charge in [0.2, 0.25) is 5.91 Å². The van der Waals surface area contributed by atoms with Crippen molar-refractivity contribution in [3.05, 3.63) is 29.0 Å². The summed E-state index contributed by atoms with van der Waals surface area (Å²) in [4.78, 5) is 26.1. The molecular weight excluding hydrogens is 252 g/mol. The van der Waals surface area contributed by atoms with Crippen LogP contribution in [0, 0.1) is 0 Å². The zero-order valence-corrected chi connectivity index (χ0v) is 11.2. The highest BCUT2D eigenvalue weighted by atomic mass is 35.5. The van der Waals surface area contributed by atoms with Crippen LogP contribution in [-0.2, 0) is 16.0 Å². The van der Waals surface area contributed by atoms with Gasteiger partial charge in [-0.2, -0.15) is 0 Å². The lowest BCUT2D eigenvalue weighted by atomic mass is 10.2. The molecule has 1 N–H and O–H groups in total. The standard InChI is InChI=1S/C13H17ClN2O2/c1-10(17)3-2-4-13(18)15-8-7-11-5-6-12(14)16-9-11/h5-6,9H,2-4,7-8H2,1H3,(H,15,18). The molecule has 0 aromatic carbocycles. The van der Waals surface area contributed by atoms with Crippen LogP contribution in [0.1, 0.15) is 31.7 Å². The normalized spacial score (nSPS) is 10.1. The maximum Gasteiger partial charge on any atom is 0.220 e. The van der Waals surface area contributed by atoms with E-state index in [1.807, 2.05) is 6.07 Å². The third kappa shape index (κ3) is 6.35. The Morgan fingerprint density at radius 3 is 2.72 bits per heavy atom. The molecule has 0 saturated carbocycles. The van der Waals surface area contributed by atoms with Gasteiger partial charge in [0.25, 0.3) is 0 Å². The predicted octanol–water partition coefficient (Wildman–Crippen LogP) is 2.15. The van der Waals surface area contributed by atoms with Crippen LogP contribution in [0.2, 0.25) is 5.15 Å². The number of amides is 1. The Labute approximate surface area is 112 Å². The van der Waals surface area contributed by atoms with E-state index in [1.54, 1.807) is 12.3 Å². The minimum atomic E-state index is -0.0156. The minimum absolute atomic E-state index is 0.0156. The molecule has 4 nitrogen and oxygen atoms in total. The first-order valence-corrected chi connectivity index (χ1v) is 6.32. The van der Waals surface area contributed by atoms with Crippen molar-refractivity contribution in [3.63, 3.8) is 0 Å². The van der Waals surface area contributed by atoms with Gasteiger partial charge in [0.15, 0.2) is 0 Å². The molecule has 1 rings (SSSR count). The van der Waals surface area contributed by atoms with Gasteiger partial charge in [-0.05, 0) is 31.4 Å². The summed E-state index contributed by atoms with van der Waals surface area (Å²) in [7, 11) is 0. The van der Waals surface area contributed by atoms with Crippen LogP contribution in [-0.4, -0.2) is 23.2 Å². The number of carbonyl (C=O) groups is 2. The fourth-order valence-electron chi connectivity index (χ4n) is 1.49. The second kappa shape index (κ2) is 7.82. The largest absolute Gasteiger partial charge is 0.356 e. The summed E-state index contributed by atoms with van der Waals surface area (Å²) in [5, 5.41) is 3.27. The molecule has 0 fully saturated rings. The van der Waals surface area contributed by atoms with Gasteiger partial charge >= 0.3 is 0 Å². The number of nitrogens with zero attached hydrogens (tertiary/aromatic N) is 1. The number of hydrogen-bond donors (Lipinski definition) is 1. The second-order valence-corrected chi connectivity index (χ2v) is 4.53. The van der Waals surface area contributed by atoms with E-state index in [4.69, 9.17) is 11.6 Å². The molecule has 18 heavy (non-hydrogen) atoms. The topological polar surface area (TPSA) is 59.1 Å². The van der Waals surface area contributed by atoms with E-state index in [9.17, 15) is 9.59 Å². The molecule has 1 aromatic heterocycles. The van der Waals surface area contributed by atoms with E-state index in [1.165, 1.54) is 6.92 Å². The van der Waals surface area contributed by atoms with Crippen LogP contribution < -0.4 is 5.32 Å². The Balaban J connectivity index is 2.15. The average molecular weight is 269 g/mol. The number of hydrogen-bond acceptors (Lipinski definition) is 3. The van der Waals surface area contributed by atoms with Crippen LogP contribution in [0.5, 0.6) is 0 Å². The summed E-state index contributed by atoms with van der Waals surface area (Å²) in [6.07, 6.45) is 3.91. The molecule has 0 radical (unpaired) electrons. The lowest BCUT2D eigenvalue weighted by Gasteiger charge is -2.04. The molecule has 5 heteroatoms. The molecule has 1 aromatic rings. The Hall–Kier alpha value is -1.42. The molecule has 0 aliphatic heterocycles. The molecule has 0 unspecified atom stereocenters. The van der Waals surface area contributed by atoms with Crippen molar-refractivity contribution in [2.45, 2.75) is 32.6 Å². The molecule has 1 heterocycles. The van der Waals surface area contributed by atoms with E-state index in [0.29, 0.717) is 31.0 Å². The molecule has 1 amide bonds. The fourth-order valence-corrected chi connectivity index (χ4v) is 1.60. The van der Waals surface area contributed by atoms with Crippen molar-refractivity contribution in [1.82, 2.24) is 10.3 Å². The fraction of sp³-hybridized carbons (Fsp3) is 0.462. The number of aromatic nitrogens is 1. The highest BCUT2D eigenvalue weighted by Crippen LogP contribution is 2.05. The van der Waals surface area contributed by atoms with Crippen molar-refractivity contribution in [3.8, 4) is 0 Å². The monoisotopic (exact) mass is 268 g/mol. The molecule has 0 saturated heterocycles. The number of halogens is 1. The summed E-state index contributed by atoms with van der Waals surface area (Å²) in [6.45, 7) is 2.10. The van der Waals surface area contributed by atoms with Gasteiger partial charge in [-0.1, -0.05) is 17.7 Å². The van der Waals surface area contributed by atoms with Gasteiger partial charge < -0.3 is 10.1 Å². The number of ketones is 1. The molecular formula is C13H17ClN2O2. The summed E-state index contributed by atoms with van der Waals surface area (Å²) >= 11 is 5.67. The Morgan fingerprint density at radius 2 is 2.11 bits per heavy atom. The van der Waals surface area contributed by atoms with Crippen molar-refractivity contribution < 1.29 is 9.59 Å². The average Bonchev–Trinajstić information content (AvgIpc) is 2.31. The lowest BCUT2D eigenvalue weighted by molar-refractivity contribution is -0.121. The molecule has 0 spiro atoms. The van der Waals surface area contributed by atoms with E-state index in [2.05, 4.69) is 10.3 Å². The summed E-state index contributed by atoms with van der Waals surface area (Å²) in [6, 6.07) is 3.61. The van der Waals surface area contributed by atoms with Crippen molar-refractivity contribution in [1.29, 1.82) is 0 Å². The Kier molecular flexibility index (Phi) is 6.36. The van der Waals surface area contributed by atoms with Crippen LogP contribution >= 0.6 is 11.6 Å². The Morgan fingerprint density at radius 1 is 1.33 bits per heavy atom. The first-order valence-electron chi connectivity index (χ1n) is 5.94. The van der Waals surface area contributed by atoms with E-state index in [0.717, 1.165) is 12.0 Å². The minimum Gasteiger partial charge on any atom is -0.356 e. The van der Waals surface area contributed by atoms with Gasteiger partial charge in [-0.25, -0.2) is 4.98 Å². The number of rotatable bonds is 7. The highest BCUT2D eigenvalue weighted by Gasteiger charge is 2.02. The van der Waals surface area contributed by atoms with Crippen molar-refractivity contribution in [2.24, 2.45) is 0 Å². The summed E-state index contributed by atoms with van der Waals surface area (Å²) in [5.74, 6) is 0.105. The van der Waals surface area contributed by atoms with Gasteiger partial charge in [0.05, 0.1) is 0 Å².